The van der Waals surface area contributed by atoms with Crippen molar-refractivity contribution in [3.05, 3.63) is 138 Å². The Bertz CT molecular complexity index is 4520. The van der Waals surface area contributed by atoms with Gasteiger partial charge in [-0.3, -0.25) is 0 Å². The largest absolute Gasteiger partial charge is 0.354 e. The number of hydrogen-bond acceptors (Lipinski definition) is 12. The molecule has 0 unspecified atom stereocenters. The second-order valence-electron chi connectivity index (χ2n) is 28.4. The number of sulfonamides is 4. The molecule has 0 amide bonds. The van der Waals surface area contributed by atoms with Crippen LogP contribution in [0.15, 0.2) is 68.1 Å². The second-order valence-corrected chi connectivity index (χ2v) is 35.3. The SMILES string of the molecule is CCC(CC)CCNS(=O)(=O)c1c(C)cc(C)c(-c2c3nc(c(-c4c(C)cc(C)c(S(=O)(=O)NCCC(CC)CC)c4C)c4ccc([nH]4)c(-c4c(C)cc(C)c(S(=O)(=O)NCCN(CC)CC)c4C)c4nc(c(-c5c(C)cc(C)c(S(=O)(=O)NCCN(CC)CC)c5C)c5ccc2[nH]5)C=C4)C=C3)c1C. The van der Waals surface area contributed by atoms with Crippen molar-refractivity contribution in [2.24, 2.45) is 11.8 Å². The van der Waals surface area contributed by atoms with Crippen molar-refractivity contribution in [3.63, 3.8) is 0 Å². The van der Waals surface area contributed by atoms with E-state index in [1.54, 1.807) is 0 Å². The van der Waals surface area contributed by atoms with Crippen LogP contribution in [0.25, 0.3) is 90.9 Å². The fourth-order valence-corrected chi connectivity index (χ4v) is 22.4. The molecule has 6 N–H and O–H groups in total. The lowest BCUT2D eigenvalue weighted by Crippen LogP contribution is -2.35. The zero-order valence-corrected chi connectivity index (χ0v) is 68.4. The smallest absolute Gasteiger partial charge is 0.241 e. The number of aromatic amines is 2. The Morgan fingerprint density at radius 3 is 0.760 bits per heavy atom. The normalized spacial score (nSPS) is 13.0. The fourth-order valence-electron chi connectivity index (χ4n) is 16.4. The van der Waals surface area contributed by atoms with E-state index in [0.717, 1.165) is 74.1 Å². The number of aryl methyl sites for hydroxylation is 8. The number of hydrogen-bond donors (Lipinski definition) is 6. The minimum atomic E-state index is -4.14. The highest BCUT2D eigenvalue weighted by atomic mass is 32.2. The van der Waals surface area contributed by atoms with E-state index in [2.05, 4.69) is 66.4 Å². The van der Waals surface area contributed by atoms with E-state index in [-0.39, 0.29) is 45.8 Å². The minimum Gasteiger partial charge on any atom is -0.354 e. The Morgan fingerprint density at radius 2 is 0.548 bits per heavy atom. The van der Waals surface area contributed by atoms with Crippen LogP contribution in [-0.4, -0.2) is 129 Å². The first-order valence-corrected chi connectivity index (χ1v) is 43.2. The summed E-state index contributed by atoms with van der Waals surface area (Å²) in [5.41, 5.74) is 16.3. The van der Waals surface area contributed by atoms with E-state index >= 15 is 16.8 Å². The number of benzene rings is 4. The minimum absolute atomic E-state index is 0.144. The molecule has 0 saturated carbocycles. The standard InChI is InChI=1S/C82H112N10O8S4/c1-21-61(22-2)37-39-83-101(93,94)79-53(13)45-49(9)71(57(79)17)75-63-29-30-64(87-63)76(72-50(10)46-54(14)80(58(72)18)102(95,96)84-40-38-62(23-3)24-4)66-32-34-68(89-66)78(74-52(12)48-56(16)82(60(74)20)104(99,100)86-42-44-92(27-7)28-8)70-36-35-69(90-70)77(67-33-31-65(75)88-67)73-51(11)47-55(15)81(59(73)19)103(97,98)85-41-43-91(25-5)26-6/h29-36,45-48,61-62,83-86,88-89H,21-28,37-44H2,1-20H3. The number of aromatic nitrogens is 4. The van der Waals surface area contributed by atoms with E-state index in [9.17, 15) is 16.8 Å². The van der Waals surface area contributed by atoms with Gasteiger partial charge in [0.05, 0.1) is 42.4 Å². The monoisotopic (exact) mass is 1490 g/mol. The average molecular weight is 1490 g/mol. The van der Waals surface area contributed by atoms with Crippen molar-refractivity contribution < 1.29 is 33.7 Å². The molecule has 562 valence electrons. The summed E-state index contributed by atoms with van der Waals surface area (Å²) in [7, 11) is -16.5. The first kappa shape index (κ1) is 81.1. The van der Waals surface area contributed by atoms with Crippen LogP contribution >= 0.6 is 0 Å². The van der Waals surface area contributed by atoms with Crippen molar-refractivity contribution in [1.29, 1.82) is 0 Å². The van der Waals surface area contributed by atoms with Crippen molar-refractivity contribution in [3.8, 4) is 44.5 Å². The summed E-state index contributed by atoms with van der Waals surface area (Å²) in [6.45, 7) is 44.2. The highest BCUT2D eigenvalue weighted by molar-refractivity contribution is 7.90. The summed E-state index contributed by atoms with van der Waals surface area (Å²) in [6.07, 6.45) is 12.8. The molecule has 22 heteroatoms. The van der Waals surface area contributed by atoms with Crippen molar-refractivity contribution >= 4 is 86.5 Å². The number of fused-ring (bicyclic) bond motifs is 8. The summed E-state index contributed by atoms with van der Waals surface area (Å²) in [5, 5.41) is 0. The van der Waals surface area contributed by atoms with Gasteiger partial charge >= 0.3 is 0 Å². The van der Waals surface area contributed by atoms with Gasteiger partial charge in [-0.05, 0) is 272 Å². The highest BCUT2D eigenvalue weighted by Crippen LogP contribution is 2.46. The fraction of sp³-hybridized carbons (Fsp3) is 0.463. The lowest BCUT2D eigenvalue weighted by atomic mass is 9.92. The molecule has 0 saturated heterocycles. The number of H-pyrrole nitrogens is 2. The summed E-state index contributed by atoms with van der Waals surface area (Å²) < 4.78 is 132. The average Bonchev–Trinajstić information content (AvgIpc) is 1.49. The zero-order valence-electron chi connectivity index (χ0n) is 65.1. The van der Waals surface area contributed by atoms with E-state index < -0.39 is 40.1 Å². The van der Waals surface area contributed by atoms with Gasteiger partial charge in [0.15, 0.2) is 0 Å². The number of nitrogens with one attached hydrogen (secondary N) is 6. The van der Waals surface area contributed by atoms with Crippen LogP contribution in [0, 0.1) is 94.9 Å². The molecule has 2 aliphatic rings. The van der Waals surface area contributed by atoms with E-state index in [0.29, 0.717) is 172 Å². The predicted octanol–water partition coefficient (Wildman–Crippen LogP) is 16.5. The van der Waals surface area contributed by atoms with Gasteiger partial charge in [0.1, 0.15) is 0 Å². The molecule has 104 heavy (non-hydrogen) atoms. The molecule has 5 heterocycles. The van der Waals surface area contributed by atoms with Gasteiger partial charge in [0, 0.05) is 83.6 Å². The number of rotatable bonds is 32. The van der Waals surface area contributed by atoms with Gasteiger partial charge < -0.3 is 19.8 Å². The molecule has 7 aromatic rings. The van der Waals surface area contributed by atoms with Gasteiger partial charge in [0.2, 0.25) is 40.1 Å². The van der Waals surface area contributed by atoms with Crippen LogP contribution in [-0.2, 0) is 40.1 Å². The molecule has 0 aliphatic carbocycles. The Labute approximate surface area is 621 Å². The molecular formula is C82H112N10O8S4. The summed E-state index contributed by atoms with van der Waals surface area (Å²) in [4.78, 5) is 24.0. The third-order valence-corrected chi connectivity index (χ3v) is 28.7. The molecule has 0 fully saturated rings. The van der Waals surface area contributed by atoms with Crippen molar-refractivity contribution in [2.45, 2.75) is 197 Å². The van der Waals surface area contributed by atoms with Crippen LogP contribution in [0.5, 0.6) is 0 Å². The number of likely N-dealkylation sites (N-methyl/N-ethyl adjacent to an activating group) is 2. The Morgan fingerprint density at radius 1 is 0.327 bits per heavy atom. The third-order valence-electron chi connectivity index (χ3n) is 21.7. The Balaban J connectivity index is 1.50. The molecular weight excluding hydrogens is 1380 g/mol. The first-order valence-electron chi connectivity index (χ1n) is 37.2. The topological polar surface area (TPSA) is 249 Å². The zero-order chi connectivity index (χ0) is 76.2. The molecule has 9 rings (SSSR count). The van der Waals surface area contributed by atoms with Gasteiger partial charge in [0.25, 0.3) is 0 Å². The maximum Gasteiger partial charge on any atom is 0.241 e. The van der Waals surface area contributed by atoms with E-state index in [1.165, 1.54) is 0 Å². The Hall–Kier alpha value is -6.96. The molecule has 0 radical (unpaired) electrons. The molecule has 4 aromatic carbocycles. The van der Waals surface area contributed by atoms with Gasteiger partial charge in [-0.1, -0.05) is 105 Å². The van der Waals surface area contributed by atoms with Gasteiger partial charge in [-0.15, -0.1) is 0 Å². The first-order chi connectivity index (χ1) is 49.2. The van der Waals surface area contributed by atoms with Crippen molar-refractivity contribution in [2.75, 3.05) is 65.4 Å². The summed E-state index contributed by atoms with van der Waals surface area (Å²) in [5.74, 6) is 0.698. The summed E-state index contributed by atoms with van der Waals surface area (Å²) >= 11 is 0. The molecule has 0 atom stereocenters. The maximum atomic E-state index is 15.0. The molecule has 3 aromatic heterocycles. The van der Waals surface area contributed by atoms with Gasteiger partial charge in [-0.25, -0.2) is 62.5 Å². The van der Waals surface area contributed by atoms with E-state index in [1.807, 2.05) is 184 Å². The third kappa shape index (κ3) is 16.6. The predicted molar refractivity (Wildman–Crippen MR) is 431 cm³/mol. The molecule has 18 nitrogen and oxygen atoms in total. The summed E-state index contributed by atoms with van der Waals surface area (Å²) in [6, 6.07) is 15.4. The second kappa shape index (κ2) is 33.5. The Kier molecular flexibility index (Phi) is 26.1. The van der Waals surface area contributed by atoms with Crippen LogP contribution < -0.4 is 18.9 Å². The van der Waals surface area contributed by atoms with Crippen LogP contribution in [0.3, 0.4) is 0 Å². The molecule has 2 aliphatic heterocycles. The highest BCUT2D eigenvalue weighted by Gasteiger charge is 2.33. The maximum absolute atomic E-state index is 15.0. The van der Waals surface area contributed by atoms with Crippen LogP contribution in [0.1, 0.15) is 183 Å². The van der Waals surface area contributed by atoms with E-state index in [4.69, 9.17) is 9.97 Å². The van der Waals surface area contributed by atoms with Crippen LogP contribution in [0.4, 0.5) is 0 Å². The lowest BCUT2D eigenvalue weighted by molar-refractivity contribution is 0.309. The van der Waals surface area contributed by atoms with Crippen molar-refractivity contribution in [1.82, 2.24) is 48.6 Å². The molecule has 8 bridgehead atoms. The van der Waals surface area contributed by atoms with Crippen LogP contribution in [0.2, 0.25) is 0 Å². The number of nitrogens with zero attached hydrogens (tertiary/aromatic N) is 4. The lowest BCUT2D eigenvalue weighted by Gasteiger charge is -2.21. The molecule has 0 spiro atoms. The quantitative estimate of drug-likeness (QED) is 0.0230. The van der Waals surface area contributed by atoms with Gasteiger partial charge in [-0.2, -0.15) is 0 Å².